The average Bonchev–Trinajstić information content (AvgIpc) is 3.70. The summed E-state index contributed by atoms with van der Waals surface area (Å²) in [5.41, 5.74) is 18.1. The van der Waals surface area contributed by atoms with E-state index in [0.29, 0.717) is 0 Å². The molecule has 2 aliphatic heterocycles. The molecule has 10 aromatic carbocycles. The van der Waals surface area contributed by atoms with Crippen LogP contribution in [0.2, 0.25) is 19.6 Å². The average molecular weight is 875 g/mol. The van der Waals surface area contributed by atoms with Crippen molar-refractivity contribution in [3.05, 3.63) is 231 Å². The first kappa shape index (κ1) is 39.3. The highest BCUT2D eigenvalue weighted by Crippen LogP contribution is 2.49. The van der Waals surface area contributed by atoms with Gasteiger partial charge in [-0.15, -0.1) is 0 Å². The Bertz CT molecular complexity index is 3640. The van der Waals surface area contributed by atoms with E-state index in [1.807, 2.05) is 0 Å². The van der Waals surface area contributed by atoms with Crippen molar-refractivity contribution in [2.24, 2.45) is 0 Å². The fourth-order valence-corrected chi connectivity index (χ4v) is 12.2. The summed E-state index contributed by atoms with van der Waals surface area (Å²) >= 11 is 0. The Balaban J connectivity index is 1.21. The molecular formula is C61H47BN4Si. The summed E-state index contributed by atoms with van der Waals surface area (Å²) in [5.74, 6) is 0. The molecule has 4 nitrogen and oxygen atoms in total. The molecule has 318 valence electrons. The standard InChI is InChI=1S/C61H47BN4Si/c1-67(2,3)47-37-57-61-58(38-47)66(46-31-17-8-18-32-46)59-41-54(63(42-23-9-4-10-24-42)43-25-11-5-12-26-43)48-33-19-20-35-50(48)60(59)62(61)52-39-51-49-34-21-22-36-53(49)64(44-27-13-6-14-28-44)55(51)40-56(52)65(57)45-29-15-7-16-30-45/h4-41H,1-3H3. The van der Waals surface area contributed by atoms with Gasteiger partial charge in [-0.1, -0.05) is 164 Å². The van der Waals surface area contributed by atoms with Gasteiger partial charge < -0.3 is 19.3 Å². The number of aromatic nitrogens is 1. The van der Waals surface area contributed by atoms with Crippen LogP contribution in [-0.2, 0) is 0 Å². The zero-order valence-corrected chi connectivity index (χ0v) is 38.8. The van der Waals surface area contributed by atoms with Crippen molar-refractivity contribution in [2.75, 3.05) is 14.7 Å². The second kappa shape index (κ2) is 15.3. The lowest BCUT2D eigenvalue weighted by Crippen LogP contribution is -2.62. The maximum atomic E-state index is 2.59. The van der Waals surface area contributed by atoms with Crippen LogP contribution in [0.5, 0.6) is 0 Å². The van der Waals surface area contributed by atoms with Crippen molar-refractivity contribution in [3.63, 3.8) is 0 Å². The number of hydrogen-bond acceptors (Lipinski definition) is 3. The summed E-state index contributed by atoms with van der Waals surface area (Å²) in [5, 5.41) is 6.37. The first-order valence-corrected chi connectivity index (χ1v) is 26.9. The highest BCUT2D eigenvalue weighted by Gasteiger charge is 2.46. The molecular weight excluding hydrogens is 828 g/mol. The van der Waals surface area contributed by atoms with Crippen molar-refractivity contribution in [2.45, 2.75) is 19.6 Å². The lowest BCUT2D eigenvalue weighted by atomic mass is 9.33. The zero-order valence-electron chi connectivity index (χ0n) is 37.8. The van der Waals surface area contributed by atoms with E-state index in [1.165, 1.54) is 76.9 Å². The van der Waals surface area contributed by atoms with E-state index in [4.69, 9.17) is 0 Å². The molecule has 3 heterocycles. The topological polar surface area (TPSA) is 14.7 Å². The SMILES string of the molecule is C[Si](C)(C)c1cc2c3c(c1)N(c1ccccc1)c1cc(N(c4ccccc4)c4ccccc4)c4ccccc4c1B3c1cc3c4ccccc4n(-c4ccccc4)c3cc1N2c1ccccc1. The minimum absolute atomic E-state index is 0.0882. The lowest BCUT2D eigenvalue weighted by molar-refractivity contribution is 1.18. The first-order valence-electron chi connectivity index (χ1n) is 23.4. The Morgan fingerprint density at radius 2 is 0.836 bits per heavy atom. The molecule has 0 bridgehead atoms. The van der Waals surface area contributed by atoms with Crippen LogP contribution in [0.3, 0.4) is 0 Å². The number of hydrogen-bond donors (Lipinski definition) is 0. The minimum Gasteiger partial charge on any atom is -0.311 e. The molecule has 0 saturated carbocycles. The highest BCUT2D eigenvalue weighted by atomic mass is 28.3. The molecule has 1 aromatic heterocycles. The smallest absolute Gasteiger partial charge is 0.252 e. The van der Waals surface area contributed by atoms with Crippen LogP contribution in [0.15, 0.2) is 231 Å². The molecule has 2 aliphatic rings. The van der Waals surface area contributed by atoms with E-state index in [0.717, 1.165) is 34.1 Å². The summed E-state index contributed by atoms with van der Waals surface area (Å²) in [6.07, 6.45) is 0. The van der Waals surface area contributed by atoms with Gasteiger partial charge in [0.2, 0.25) is 0 Å². The van der Waals surface area contributed by atoms with E-state index in [2.05, 4.69) is 269 Å². The van der Waals surface area contributed by atoms with Gasteiger partial charge in [0.15, 0.2) is 0 Å². The number of fused-ring (bicyclic) bond motifs is 9. The fourth-order valence-electron chi connectivity index (χ4n) is 11.1. The van der Waals surface area contributed by atoms with Crippen molar-refractivity contribution >= 4 is 120 Å². The third-order valence-corrected chi connectivity index (χ3v) is 16.1. The highest BCUT2D eigenvalue weighted by molar-refractivity contribution is 7.02. The zero-order chi connectivity index (χ0) is 44.8. The number of benzene rings is 10. The lowest BCUT2D eigenvalue weighted by Gasteiger charge is -2.46. The number of nitrogens with zero attached hydrogens (tertiary/aromatic N) is 4. The molecule has 67 heavy (non-hydrogen) atoms. The van der Waals surface area contributed by atoms with E-state index in [-0.39, 0.29) is 6.71 Å². The Labute approximate surface area is 393 Å². The predicted octanol–water partition coefficient (Wildman–Crippen LogP) is 14.0. The van der Waals surface area contributed by atoms with Gasteiger partial charge in [-0.25, -0.2) is 0 Å². The molecule has 0 atom stereocenters. The normalized spacial score (nSPS) is 12.9. The van der Waals surface area contributed by atoms with Gasteiger partial charge >= 0.3 is 0 Å². The Kier molecular flexibility index (Phi) is 8.96. The van der Waals surface area contributed by atoms with Gasteiger partial charge in [-0.05, 0) is 113 Å². The summed E-state index contributed by atoms with van der Waals surface area (Å²) in [6.45, 7) is 7.36. The van der Waals surface area contributed by atoms with Crippen molar-refractivity contribution in [1.82, 2.24) is 4.57 Å². The van der Waals surface area contributed by atoms with Crippen LogP contribution >= 0.6 is 0 Å². The number of para-hydroxylation sites is 6. The fraction of sp³-hybridized carbons (Fsp3) is 0.0492. The van der Waals surface area contributed by atoms with Gasteiger partial charge in [0, 0.05) is 67.3 Å². The summed E-state index contributed by atoms with van der Waals surface area (Å²) in [7, 11) is -1.93. The summed E-state index contributed by atoms with van der Waals surface area (Å²) in [6, 6.07) is 85.4. The molecule has 0 fully saturated rings. The third-order valence-electron chi connectivity index (χ3n) is 14.0. The van der Waals surface area contributed by atoms with Crippen molar-refractivity contribution in [3.8, 4) is 5.69 Å². The van der Waals surface area contributed by atoms with Crippen LogP contribution in [0.1, 0.15) is 0 Å². The first-order chi connectivity index (χ1) is 32.9. The predicted molar refractivity (Wildman–Crippen MR) is 290 cm³/mol. The van der Waals surface area contributed by atoms with Crippen LogP contribution in [0.25, 0.3) is 38.3 Å². The third kappa shape index (κ3) is 6.13. The number of rotatable bonds is 7. The molecule has 0 N–H and O–H groups in total. The molecule has 11 aromatic rings. The quantitative estimate of drug-likeness (QED) is 0.148. The van der Waals surface area contributed by atoms with Gasteiger partial charge in [0.25, 0.3) is 6.71 Å². The van der Waals surface area contributed by atoms with E-state index in [1.54, 1.807) is 0 Å². The second-order valence-electron chi connectivity index (χ2n) is 18.9. The molecule has 6 heteroatoms. The van der Waals surface area contributed by atoms with Crippen LogP contribution in [0.4, 0.5) is 51.2 Å². The van der Waals surface area contributed by atoms with Gasteiger partial charge in [-0.2, -0.15) is 0 Å². The van der Waals surface area contributed by atoms with E-state index >= 15 is 0 Å². The van der Waals surface area contributed by atoms with Gasteiger partial charge in [0.05, 0.1) is 24.8 Å². The number of anilines is 9. The van der Waals surface area contributed by atoms with Crippen LogP contribution in [-0.4, -0.2) is 19.4 Å². The molecule has 0 aliphatic carbocycles. The molecule has 0 unspecified atom stereocenters. The molecule has 0 radical (unpaired) electrons. The van der Waals surface area contributed by atoms with Crippen molar-refractivity contribution in [1.29, 1.82) is 0 Å². The molecule has 0 spiro atoms. The summed E-state index contributed by atoms with van der Waals surface area (Å²) in [4.78, 5) is 7.61. The molecule has 0 amide bonds. The van der Waals surface area contributed by atoms with Crippen molar-refractivity contribution < 1.29 is 0 Å². The largest absolute Gasteiger partial charge is 0.311 e. The van der Waals surface area contributed by atoms with Crippen LogP contribution < -0.4 is 36.3 Å². The van der Waals surface area contributed by atoms with E-state index in [9.17, 15) is 0 Å². The van der Waals surface area contributed by atoms with Gasteiger partial charge in [0.1, 0.15) is 0 Å². The Morgan fingerprint density at radius 3 is 1.40 bits per heavy atom. The Morgan fingerprint density at radius 1 is 0.373 bits per heavy atom. The summed E-state index contributed by atoms with van der Waals surface area (Å²) < 4.78 is 2.46. The van der Waals surface area contributed by atoms with E-state index < -0.39 is 8.07 Å². The minimum atomic E-state index is -1.93. The molecule has 13 rings (SSSR count). The maximum Gasteiger partial charge on any atom is 0.252 e. The Hall–Kier alpha value is -8.06. The van der Waals surface area contributed by atoms with Crippen LogP contribution in [0, 0.1) is 0 Å². The van der Waals surface area contributed by atoms with Gasteiger partial charge in [-0.3, -0.25) is 0 Å². The monoisotopic (exact) mass is 874 g/mol. The second-order valence-corrected chi connectivity index (χ2v) is 24.0. The maximum absolute atomic E-state index is 2.59. The molecule has 0 saturated heterocycles.